The van der Waals surface area contributed by atoms with Crippen LogP contribution in [-0.4, -0.2) is 55.4 Å². The molecule has 204 valence electrons. The van der Waals surface area contributed by atoms with Gasteiger partial charge in [0.2, 0.25) is 0 Å². The lowest BCUT2D eigenvalue weighted by atomic mass is 9.99. The number of aliphatic imine (C=N–C) groups is 1. The van der Waals surface area contributed by atoms with Crippen molar-refractivity contribution in [1.29, 1.82) is 0 Å². The summed E-state index contributed by atoms with van der Waals surface area (Å²) in [7, 11) is 0. The van der Waals surface area contributed by atoms with Gasteiger partial charge in [-0.25, -0.2) is 4.99 Å². The minimum absolute atomic E-state index is 0.141. The molecule has 0 bridgehead atoms. The number of anilines is 2. The largest absolute Gasteiger partial charge is 0.413 e. The zero-order chi connectivity index (χ0) is 27.3. The SMILES string of the molecule is CC(C)c1ccc(NC2=NC(CN3CCO[C@@H](C)C3)Nc3cc(C/C(=C\C=C/N)C(F)(F)F)ccc32)cc1. The number of nitrogens with two attached hydrogens (primary N) is 1. The maximum atomic E-state index is 13.6. The number of hydrogen-bond donors (Lipinski definition) is 3. The van der Waals surface area contributed by atoms with Crippen LogP contribution in [0.5, 0.6) is 0 Å². The smallest absolute Gasteiger partial charge is 0.405 e. The zero-order valence-electron chi connectivity index (χ0n) is 22.1. The molecule has 1 saturated heterocycles. The van der Waals surface area contributed by atoms with Gasteiger partial charge in [0.05, 0.1) is 12.7 Å². The summed E-state index contributed by atoms with van der Waals surface area (Å²) in [4.78, 5) is 7.26. The van der Waals surface area contributed by atoms with E-state index in [1.54, 1.807) is 12.1 Å². The molecule has 4 rings (SSSR count). The first-order valence-electron chi connectivity index (χ1n) is 13.0. The van der Waals surface area contributed by atoms with Crippen LogP contribution in [0.1, 0.15) is 43.4 Å². The van der Waals surface area contributed by atoms with E-state index >= 15 is 0 Å². The summed E-state index contributed by atoms with van der Waals surface area (Å²) in [5.41, 5.74) is 8.87. The predicted molar refractivity (Wildman–Crippen MR) is 148 cm³/mol. The highest BCUT2D eigenvalue weighted by atomic mass is 19.4. The zero-order valence-corrected chi connectivity index (χ0v) is 22.1. The van der Waals surface area contributed by atoms with Crippen LogP contribution in [-0.2, 0) is 11.2 Å². The molecule has 2 aromatic carbocycles. The number of nitrogens with one attached hydrogen (secondary N) is 2. The molecule has 1 unspecified atom stereocenters. The monoisotopic (exact) mass is 527 g/mol. The van der Waals surface area contributed by atoms with Crippen molar-refractivity contribution in [2.75, 3.05) is 36.9 Å². The van der Waals surface area contributed by atoms with E-state index in [0.717, 1.165) is 42.3 Å². The minimum Gasteiger partial charge on any atom is -0.405 e. The molecule has 2 atom stereocenters. The molecule has 1 fully saturated rings. The molecule has 2 aliphatic rings. The normalized spacial score (nSPS) is 20.8. The third-order valence-corrected chi connectivity index (χ3v) is 6.71. The second kappa shape index (κ2) is 12.0. The number of ether oxygens (including phenoxy) is 1. The fraction of sp³-hybridized carbons (Fsp3) is 0.414. The molecule has 0 aliphatic carbocycles. The average Bonchev–Trinajstić information content (AvgIpc) is 2.86. The Hall–Kier alpha value is -3.30. The van der Waals surface area contributed by atoms with Gasteiger partial charge in [-0.15, -0.1) is 0 Å². The van der Waals surface area contributed by atoms with Gasteiger partial charge in [-0.3, -0.25) is 4.90 Å². The van der Waals surface area contributed by atoms with Crippen molar-refractivity contribution in [2.45, 2.75) is 51.6 Å². The maximum Gasteiger partial charge on any atom is 0.413 e. The summed E-state index contributed by atoms with van der Waals surface area (Å²) in [6.07, 6.45) is -1.51. The highest BCUT2D eigenvalue weighted by molar-refractivity contribution is 6.12. The van der Waals surface area contributed by atoms with Crippen LogP contribution in [0, 0.1) is 0 Å². The Kier molecular flexibility index (Phi) is 8.79. The number of nitrogens with zero attached hydrogens (tertiary/aromatic N) is 2. The molecule has 0 spiro atoms. The molecule has 2 aliphatic heterocycles. The summed E-state index contributed by atoms with van der Waals surface area (Å²) in [6.45, 7) is 9.27. The van der Waals surface area contributed by atoms with Crippen molar-refractivity contribution >= 4 is 17.2 Å². The van der Waals surface area contributed by atoms with Crippen molar-refractivity contribution in [3.8, 4) is 0 Å². The first-order valence-corrected chi connectivity index (χ1v) is 13.0. The third-order valence-electron chi connectivity index (χ3n) is 6.71. The Morgan fingerprint density at radius 3 is 2.66 bits per heavy atom. The first-order chi connectivity index (χ1) is 18.1. The summed E-state index contributed by atoms with van der Waals surface area (Å²) in [6, 6.07) is 13.6. The van der Waals surface area contributed by atoms with Gasteiger partial charge in [0.1, 0.15) is 12.0 Å². The number of hydrogen-bond acceptors (Lipinski definition) is 6. The fourth-order valence-electron chi connectivity index (χ4n) is 4.68. The van der Waals surface area contributed by atoms with Gasteiger partial charge in [0.25, 0.3) is 0 Å². The van der Waals surface area contributed by atoms with Crippen molar-refractivity contribution in [3.05, 3.63) is 83.1 Å². The molecule has 0 aromatic heterocycles. The molecule has 2 aromatic rings. The summed E-state index contributed by atoms with van der Waals surface area (Å²) < 4.78 is 46.5. The van der Waals surface area contributed by atoms with E-state index in [-0.39, 0.29) is 18.7 Å². The second-order valence-electron chi connectivity index (χ2n) is 10.1. The number of morpholine rings is 1. The van der Waals surface area contributed by atoms with Gasteiger partial charge in [-0.2, -0.15) is 13.2 Å². The lowest BCUT2D eigenvalue weighted by Crippen LogP contribution is -2.46. The Morgan fingerprint density at radius 1 is 1.24 bits per heavy atom. The molecule has 0 saturated carbocycles. The molecule has 38 heavy (non-hydrogen) atoms. The molecule has 4 N–H and O–H groups in total. The Morgan fingerprint density at radius 2 is 2.00 bits per heavy atom. The number of benzene rings is 2. The fourth-order valence-corrected chi connectivity index (χ4v) is 4.68. The third kappa shape index (κ3) is 7.17. The first kappa shape index (κ1) is 27.7. The van der Waals surface area contributed by atoms with Gasteiger partial charge in [0, 0.05) is 48.6 Å². The Balaban J connectivity index is 1.62. The van der Waals surface area contributed by atoms with Crippen molar-refractivity contribution in [2.24, 2.45) is 10.7 Å². The van der Waals surface area contributed by atoms with Gasteiger partial charge >= 0.3 is 6.18 Å². The average molecular weight is 528 g/mol. The Labute approximate surface area is 222 Å². The van der Waals surface area contributed by atoms with Gasteiger partial charge in [0.15, 0.2) is 0 Å². The van der Waals surface area contributed by atoms with E-state index in [1.165, 1.54) is 11.6 Å². The van der Waals surface area contributed by atoms with Crippen LogP contribution in [0.2, 0.25) is 0 Å². The molecular formula is C29H36F3N5O. The molecule has 9 heteroatoms. The van der Waals surface area contributed by atoms with E-state index in [2.05, 4.69) is 41.5 Å². The van der Waals surface area contributed by atoms with Gasteiger partial charge < -0.3 is 21.1 Å². The number of amidine groups is 1. The molecule has 0 radical (unpaired) electrons. The van der Waals surface area contributed by atoms with Crippen molar-refractivity contribution in [3.63, 3.8) is 0 Å². The van der Waals surface area contributed by atoms with Crippen LogP contribution in [0.15, 0.2) is 71.4 Å². The van der Waals surface area contributed by atoms with E-state index in [1.807, 2.05) is 25.1 Å². The highest BCUT2D eigenvalue weighted by Gasteiger charge is 2.33. The van der Waals surface area contributed by atoms with Crippen LogP contribution >= 0.6 is 0 Å². The van der Waals surface area contributed by atoms with Crippen molar-refractivity contribution < 1.29 is 17.9 Å². The van der Waals surface area contributed by atoms with E-state index in [4.69, 9.17) is 15.5 Å². The van der Waals surface area contributed by atoms with E-state index in [9.17, 15) is 13.2 Å². The molecule has 6 nitrogen and oxygen atoms in total. The number of rotatable bonds is 7. The van der Waals surface area contributed by atoms with Crippen molar-refractivity contribution in [1.82, 2.24) is 4.90 Å². The van der Waals surface area contributed by atoms with Crippen LogP contribution < -0.4 is 16.4 Å². The highest BCUT2D eigenvalue weighted by Crippen LogP contribution is 2.32. The molecule has 0 amide bonds. The lowest BCUT2D eigenvalue weighted by Gasteiger charge is -2.35. The Bertz CT molecular complexity index is 1190. The quantitative estimate of drug-likeness (QED) is 0.406. The number of halogens is 3. The van der Waals surface area contributed by atoms with Gasteiger partial charge in [-0.05, 0) is 60.5 Å². The maximum absolute atomic E-state index is 13.6. The van der Waals surface area contributed by atoms with E-state index < -0.39 is 11.7 Å². The molecular weight excluding hydrogens is 491 g/mol. The predicted octanol–water partition coefficient (Wildman–Crippen LogP) is 5.64. The standard InChI is InChI=1S/C29H36F3N5O/c1-19(2)22-7-9-24(10-8-22)34-28-25-11-6-21(15-23(5-4-12-33)29(30,31)32)16-26(25)35-27(36-28)18-37-13-14-38-20(3)17-37/h4-12,16,19-20,27,35H,13-15,17-18,33H2,1-3H3,(H,34,36)/b12-4-,23-5+/t20-,27?/m0/s1. The lowest BCUT2D eigenvalue weighted by molar-refractivity contribution is -0.0931. The van der Waals surface area contributed by atoms with Crippen LogP contribution in [0.4, 0.5) is 24.5 Å². The summed E-state index contributed by atoms with van der Waals surface area (Å²) >= 11 is 0. The van der Waals surface area contributed by atoms with Crippen LogP contribution in [0.25, 0.3) is 0 Å². The van der Waals surface area contributed by atoms with Crippen LogP contribution in [0.3, 0.4) is 0 Å². The number of alkyl halides is 3. The number of fused-ring (bicyclic) bond motifs is 1. The topological polar surface area (TPSA) is 74.9 Å². The van der Waals surface area contributed by atoms with E-state index in [0.29, 0.717) is 30.5 Å². The second-order valence-corrected chi connectivity index (χ2v) is 10.1. The number of allylic oxidation sites excluding steroid dienone is 3. The molecule has 2 heterocycles. The summed E-state index contributed by atoms with van der Waals surface area (Å²) in [5.74, 6) is 1.11. The van der Waals surface area contributed by atoms with Gasteiger partial charge in [-0.1, -0.05) is 38.1 Å². The minimum atomic E-state index is -4.45. The summed E-state index contributed by atoms with van der Waals surface area (Å²) in [5, 5.41) is 6.89.